The van der Waals surface area contributed by atoms with E-state index in [2.05, 4.69) is 9.97 Å². The van der Waals surface area contributed by atoms with E-state index >= 15 is 0 Å². The zero-order chi connectivity index (χ0) is 18.7. The average Bonchev–Trinajstić information content (AvgIpc) is 2.65. The first kappa shape index (κ1) is 17.7. The van der Waals surface area contributed by atoms with Gasteiger partial charge in [0.25, 0.3) is 0 Å². The molecule has 138 valence electrons. The molecule has 0 radical (unpaired) electrons. The molecule has 1 aromatic carbocycles. The quantitative estimate of drug-likeness (QED) is 0.827. The zero-order valence-corrected chi connectivity index (χ0v) is 14.2. The number of hydrogen-bond donors (Lipinski definition) is 2. The van der Waals surface area contributed by atoms with Gasteiger partial charge in [-0.1, -0.05) is 0 Å². The molecule has 1 saturated heterocycles. The van der Waals surface area contributed by atoms with E-state index in [4.69, 9.17) is 14.6 Å². The molecule has 2 aromatic rings. The number of amides is 1. The number of methoxy groups -OCH3 is 1. The first-order chi connectivity index (χ1) is 12.5. The molecule has 3 rings (SSSR count). The van der Waals surface area contributed by atoms with E-state index in [1.54, 1.807) is 25.3 Å². The second-order valence-electron chi connectivity index (χ2n) is 6.07. The number of rotatable bonds is 5. The number of hydrogen-bond acceptors (Lipinski definition) is 6. The van der Waals surface area contributed by atoms with Gasteiger partial charge >= 0.3 is 12.1 Å². The van der Waals surface area contributed by atoms with Crippen LogP contribution in [0.4, 0.5) is 4.79 Å². The molecule has 0 aliphatic carbocycles. The Bertz CT molecular complexity index is 827. The van der Waals surface area contributed by atoms with E-state index in [-0.39, 0.29) is 13.2 Å². The van der Waals surface area contributed by atoms with Crippen molar-refractivity contribution in [3.63, 3.8) is 0 Å². The van der Waals surface area contributed by atoms with Crippen molar-refractivity contribution in [1.29, 1.82) is 0 Å². The van der Waals surface area contributed by atoms with Crippen molar-refractivity contribution in [2.75, 3.05) is 20.3 Å². The molecule has 0 saturated carbocycles. The maximum atomic E-state index is 11.5. The molecular formula is C17H19N3O6. The SMILES string of the molecule is COc1ccc2ncnc(OC[C@@H]3CC[C@@H](C(=O)O)CN3C(=O)O)c2c1. The fraction of sp³-hybridized carbons (Fsp3) is 0.412. The first-order valence-corrected chi connectivity index (χ1v) is 8.13. The summed E-state index contributed by atoms with van der Waals surface area (Å²) in [7, 11) is 1.55. The number of carboxylic acid groups (broad SMARTS) is 2. The van der Waals surface area contributed by atoms with E-state index in [1.807, 2.05) is 0 Å². The van der Waals surface area contributed by atoms with E-state index in [0.717, 1.165) is 4.90 Å². The van der Waals surface area contributed by atoms with Crippen LogP contribution in [0.5, 0.6) is 11.6 Å². The van der Waals surface area contributed by atoms with Gasteiger partial charge < -0.3 is 24.6 Å². The topological polar surface area (TPSA) is 122 Å². The summed E-state index contributed by atoms with van der Waals surface area (Å²) in [6, 6.07) is 4.88. The van der Waals surface area contributed by atoms with Crippen molar-refractivity contribution in [1.82, 2.24) is 14.9 Å². The second-order valence-corrected chi connectivity index (χ2v) is 6.07. The lowest BCUT2D eigenvalue weighted by Gasteiger charge is -2.36. The zero-order valence-electron chi connectivity index (χ0n) is 14.2. The second kappa shape index (κ2) is 7.42. The highest BCUT2D eigenvalue weighted by molar-refractivity contribution is 5.84. The fourth-order valence-electron chi connectivity index (χ4n) is 3.07. The Hall–Kier alpha value is -3.10. The van der Waals surface area contributed by atoms with Gasteiger partial charge in [-0.05, 0) is 31.0 Å². The van der Waals surface area contributed by atoms with Gasteiger partial charge in [0.2, 0.25) is 5.88 Å². The van der Waals surface area contributed by atoms with E-state index < -0.39 is 24.0 Å². The van der Waals surface area contributed by atoms with Crippen LogP contribution in [0.2, 0.25) is 0 Å². The Labute approximate surface area is 149 Å². The fourth-order valence-corrected chi connectivity index (χ4v) is 3.07. The maximum absolute atomic E-state index is 11.5. The van der Waals surface area contributed by atoms with Crippen LogP contribution in [-0.2, 0) is 4.79 Å². The molecule has 2 atom stereocenters. The van der Waals surface area contributed by atoms with Gasteiger partial charge in [-0.15, -0.1) is 0 Å². The van der Waals surface area contributed by atoms with E-state index in [9.17, 15) is 14.7 Å². The van der Waals surface area contributed by atoms with Crippen LogP contribution in [0.1, 0.15) is 12.8 Å². The number of ether oxygens (including phenoxy) is 2. The largest absolute Gasteiger partial charge is 0.497 e. The molecule has 9 heteroatoms. The number of aromatic nitrogens is 2. The summed E-state index contributed by atoms with van der Waals surface area (Å²) in [4.78, 5) is 32.0. The lowest BCUT2D eigenvalue weighted by Crippen LogP contribution is -2.50. The summed E-state index contributed by atoms with van der Waals surface area (Å²) in [5, 5.41) is 19.2. The molecule has 1 aliphatic rings. The third kappa shape index (κ3) is 3.61. The normalized spacial score (nSPS) is 20.0. The smallest absolute Gasteiger partial charge is 0.407 e. The Morgan fingerprint density at radius 3 is 2.77 bits per heavy atom. The van der Waals surface area contributed by atoms with E-state index in [0.29, 0.717) is 35.4 Å². The standard InChI is InChI=1S/C17H19N3O6/c1-25-12-4-5-14-13(6-12)15(19-9-18-14)26-8-11-3-2-10(16(21)22)7-20(11)17(23)24/h4-6,9-11H,2-3,7-8H2,1H3,(H,21,22)(H,23,24)/t10-,11+/m1/s1. The molecule has 0 spiro atoms. The number of aliphatic carboxylic acids is 1. The third-order valence-electron chi connectivity index (χ3n) is 4.52. The minimum absolute atomic E-state index is 0.0446. The summed E-state index contributed by atoms with van der Waals surface area (Å²) in [5.74, 6) is -0.707. The van der Waals surface area contributed by atoms with Crippen LogP contribution in [0.3, 0.4) is 0 Å². The molecule has 1 fully saturated rings. The molecule has 0 unspecified atom stereocenters. The first-order valence-electron chi connectivity index (χ1n) is 8.13. The van der Waals surface area contributed by atoms with Gasteiger partial charge in [0.15, 0.2) is 0 Å². The van der Waals surface area contributed by atoms with Crippen LogP contribution < -0.4 is 9.47 Å². The Morgan fingerprint density at radius 2 is 2.08 bits per heavy atom. The predicted octanol–water partition coefficient (Wildman–Crippen LogP) is 1.86. The minimum Gasteiger partial charge on any atom is -0.497 e. The number of nitrogens with zero attached hydrogens (tertiary/aromatic N) is 3. The summed E-state index contributed by atoms with van der Waals surface area (Å²) < 4.78 is 11.0. The van der Waals surface area contributed by atoms with Gasteiger partial charge in [0.05, 0.1) is 30.0 Å². The Kier molecular flexibility index (Phi) is 5.06. The molecule has 2 heterocycles. The number of piperidine rings is 1. The third-order valence-corrected chi connectivity index (χ3v) is 4.52. The van der Waals surface area contributed by atoms with E-state index in [1.165, 1.54) is 6.33 Å². The summed E-state index contributed by atoms with van der Waals surface area (Å²) in [6.45, 7) is 0.0407. The van der Waals surface area contributed by atoms with Gasteiger partial charge in [0.1, 0.15) is 18.7 Å². The highest BCUT2D eigenvalue weighted by Crippen LogP contribution is 2.27. The lowest BCUT2D eigenvalue weighted by molar-refractivity contribution is -0.143. The van der Waals surface area contributed by atoms with Crippen molar-refractivity contribution >= 4 is 23.0 Å². The Morgan fingerprint density at radius 1 is 1.27 bits per heavy atom. The molecule has 0 bridgehead atoms. The summed E-state index contributed by atoms with van der Waals surface area (Å²) in [6.07, 6.45) is 1.04. The maximum Gasteiger partial charge on any atom is 0.407 e. The average molecular weight is 361 g/mol. The van der Waals surface area contributed by atoms with Crippen molar-refractivity contribution < 1.29 is 29.3 Å². The number of carbonyl (C=O) groups is 2. The van der Waals surface area contributed by atoms with Crippen LogP contribution in [0.15, 0.2) is 24.5 Å². The van der Waals surface area contributed by atoms with Crippen LogP contribution in [0, 0.1) is 5.92 Å². The Balaban J connectivity index is 1.76. The van der Waals surface area contributed by atoms with Gasteiger partial charge in [0, 0.05) is 6.54 Å². The van der Waals surface area contributed by atoms with Crippen LogP contribution in [-0.4, -0.2) is 63.4 Å². The summed E-state index contributed by atoms with van der Waals surface area (Å²) in [5.41, 5.74) is 0.681. The van der Waals surface area contributed by atoms with Crippen molar-refractivity contribution in [2.24, 2.45) is 5.92 Å². The highest BCUT2D eigenvalue weighted by Gasteiger charge is 2.35. The molecule has 9 nitrogen and oxygen atoms in total. The van der Waals surface area contributed by atoms with Crippen molar-refractivity contribution in [3.8, 4) is 11.6 Å². The lowest BCUT2D eigenvalue weighted by atomic mass is 9.93. The highest BCUT2D eigenvalue weighted by atomic mass is 16.5. The number of fused-ring (bicyclic) bond motifs is 1. The minimum atomic E-state index is -1.15. The van der Waals surface area contributed by atoms with Gasteiger partial charge in [-0.25, -0.2) is 14.8 Å². The van der Waals surface area contributed by atoms with Crippen molar-refractivity contribution in [3.05, 3.63) is 24.5 Å². The molecule has 1 amide bonds. The number of benzene rings is 1. The van der Waals surface area contributed by atoms with Gasteiger partial charge in [-0.2, -0.15) is 0 Å². The van der Waals surface area contributed by atoms with Crippen molar-refractivity contribution in [2.45, 2.75) is 18.9 Å². The molecule has 26 heavy (non-hydrogen) atoms. The predicted molar refractivity (Wildman–Crippen MR) is 90.5 cm³/mol. The molecule has 1 aromatic heterocycles. The monoisotopic (exact) mass is 361 g/mol. The number of likely N-dealkylation sites (tertiary alicyclic amines) is 1. The number of carboxylic acids is 1. The van der Waals surface area contributed by atoms with Crippen LogP contribution in [0.25, 0.3) is 10.9 Å². The molecule has 1 aliphatic heterocycles. The van der Waals surface area contributed by atoms with Crippen LogP contribution >= 0.6 is 0 Å². The summed E-state index contributed by atoms with van der Waals surface area (Å²) >= 11 is 0. The molecular weight excluding hydrogens is 342 g/mol. The van der Waals surface area contributed by atoms with Gasteiger partial charge in [-0.3, -0.25) is 4.79 Å². The molecule has 2 N–H and O–H groups in total.